The highest BCUT2D eigenvalue weighted by atomic mass is 16.5. The van der Waals surface area contributed by atoms with Crippen LogP contribution in [-0.2, 0) is 0 Å². The van der Waals surface area contributed by atoms with Gasteiger partial charge in [-0.2, -0.15) is 0 Å². The van der Waals surface area contributed by atoms with Gasteiger partial charge in [0.2, 0.25) is 0 Å². The molecule has 5 aliphatic rings. The van der Waals surface area contributed by atoms with Crippen LogP contribution in [-0.4, -0.2) is 13.4 Å². The molecule has 5 heterocycles. The molecule has 11 heteroatoms. The molecule has 0 aliphatic carbocycles. The number of para-hydroxylation sites is 11. The summed E-state index contributed by atoms with van der Waals surface area (Å²) in [7, 11) is 0. The fourth-order valence-electron chi connectivity index (χ4n) is 11.8. The first-order valence-electron chi connectivity index (χ1n) is 25.7. The van der Waals surface area contributed by atoms with Crippen molar-refractivity contribution in [2.75, 3.05) is 9.80 Å². The van der Waals surface area contributed by atoms with Crippen molar-refractivity contribution in [3.8, 4) is 80.5 Å². The Kier molecular flexibility index (Phi) is 9.62. The Morgan fingerprint density at radius 3 is 1.42 bits per heavy atom. The summed E-state index contributed by atoms with van der Waals surface area (Å²) in [5, 5.41) is 0. The summed E-state index contributed by atoms with van der Waals surface area (Å²) in [6, 6.07) is 81.3. The molecule has 0 amide bonds. The van der Waals surface area contributed by atoms with Crippen LogP contribution in [0.3, 0.4) is 0 Å². The number of hydrogen-bond donors (Lipinski definition) is 0. The van der Waals surface area contributed by atoms with E-state index in [9.17, 15) is 0 Å². The third kappa shape index (κ3) is 6.97. The summed E-state index contributed by atoms with van der Waals surface area (Å²) in [5.41, 5.74) is 12.2. The van der Waals surface area contributed by atoms with Crippen molar-refractivity contribution in [1.29, 1.82) is 0 Å². The summed E-state index contributed by atoms with van der Waals surface area (Å²) >= 11 is 0. The monoisotopic (exact) mass is 994 g/mol. The Morgan fingerprint density at radius 1 is 0.273 bits per heavy atom. The second kappa shape index (κ2) is 17.2. The number of rotatable bonds is 9. The Labute approximate surface area is 444 Å². The fourth-order valence-corrected chi connectivity index (χ4v) is 11.8. The van der Waals surface area contributed by atoms with Crippen molar-refractivity contribution < 1.29 is 33.2 Å². The number of nitrogens with zero attached hydrogens (tertiary/aromatic N) is 2. The molecule has 0 fully saturated rings. The molecule has 77 heavy (non-hydrogen) atoms. The molecular formula is C66H40B2N2O7. The van der Waals surface area contributed by atoms with Crippen molar-refractivity contribution in [1.82, 2.24) is 0 Å². The molecule has 362 valence electrons. The normalized spacial score (nSPS) is 13.1. The van der Waals surface area contributed by atoms with Gasteiger partial charge in [0, 0.05) is 58.5 Å². The average molecular weight is 995 g/mol. The van der Waals surface area contributed by atoms with Gasteiger partial charge >= 0.3 is 0 Å². The molecule has 0 N–H and O–H groups in total. The van der Waals surface area contributed by atoms with Gasteiger partial charge in [0.05, 0.1) is 11.4 Å². The summed E-state index contributed by atoms with van der Waals surface area (Å²) in [6.45, 7) is -0.477. The number of anilines is 6. The maximum Gasteiger partial charge on any atom is 0.260 e. The maximum absolute atomic E-state index is 7.24. The van der Waals surface area contributed by atoms with Gasteiger partial charge in [-0.1, -0.05) is 127 Å². The molecule has 16 rings (SSSR count). The molecule has 0 atom stereocenters. The molecule has 0 unspecified atom stereocenters. The first-order chi connectivity index (χ1) is 38.1. The number of ether oxygens (including phenoxy) is 7. The third-order valence-electron chi connectivity index (χ3n) is 14.9. The lowest BCUT2D eigenvalue weighted by Gasteiger charge is -2.46. The largest absolute Gasteiger partial charge is 0.458 e. The fraction of sp³-hybridized carbons (Fsp3) is 0. The SMILES string of the molecule is c1ccc(Oc2ccccc2Oc2cc3c4c(c2)Oc2cc5c(cc2B4c2ccccc2O3)B2c3cccc4c3N(c3ccccc3O4)c3cc(Oc4ccccc4Oc4ccccc4)cc(c32)N5c2ccccc2)cc1. The van der Waals surface area contributed by atoms with E-state index in [4.69, 9.17) is 33.2 Å². The first-order valence-corrected chi connectivity index (χ1v) is 25.7. The molecular weight excluding hydrogens is 954 g/mol. The number of benzene rings is 11. The molecule has 11 aromatic rings. The van der Waals surface area contributed by atoms with E-state index in [0.29, 0.717) is 57.5 Å². The molecule has 0 aromatic heterocycles. The first kappa shape index (κ1) is 43.2. The minimum Gasteiger partial charge on any atom is -0.458 e. The van der Waals surface area contributed by atoms with Gasteiger partial charge in [0.15, 0.2) is 34.5 Å². The van der Waals surface area contributed by atoms with Gasteiger partial charge in [0.25, 0.3) is 13.4 Å². The minimum absolute atomic E-state index is 0.235. The summed E-state index contributed by atoms with van der Waals surface area (Å²) in [5.74, 6) is 9.25. The zero-order valence-electron chi connectivity index (χ0n) is 41.0. The lowest BCUT2D eigenvalue weighted by atomic mass is 9.31. The Morgan fingerprint density at radius 2 is 0.753 bits per heavy atom. The Bertz CT molecular complexity index is 4200. The van der Waals surface area contributed by atoms with Gasteiger partial charge in [0.1, 0.15) is 46.0 Å². The smallest absolute Gasteiger partial charge is 0.260 e. The molecule has 9 nitrogen and oxygen atoms in total. The number of hydrogen-bond acceptors (Lipinski definition) is 9. The predicted octanol–water partition coefficient (Wildman–Crippen LogP) is 13.8. The Balaban J connectivity index is 0.898. The Hall–Kier alpha value is -10.3. The maximum atomic E-state index is 7.24. The highest BCUT2D eigenvalue weighted by molar-refractivity contribution is 7.02. The topological polar surface area (TPSA) is 71.1 Å². The average Bonchev–Trinajstić information content (AvgIpc) is 3.64. The van der Waals surface area contributed by atoms with Crippen LogP contribution < -0.4 is 75.7 Å². The highest BCUT2D eigenvalue weighted by Crippen LogP contribution is 2.54. The van der Waals surface area contributed by atoms with Gasteiger partial charge in [-0.15, -0.1) is 0 Å². The van der Waals surface area contributed by atoms with E-state index in [0.717, 1.165) is 89.9 Å². The highest BCUT2D eigenvalue weighted by Gasteiger charge is 2.49. The van der Waals surface area contributed by atoms with E-state index in [-0.39, 0.29) is 13.4 Å². The van der Waals surface area contributed by atoms with Crippen LogP contribution in [0.4, 0.5) is 34.1 Å². The van der Waals surface area contributed by atoms with Crippen LogP contribution in [0.1, 0.15) is 0 Å². The van der Waals surface area contributed by atoms with Crippen molar-refractivity contribution >= 4 is 80.3 Å². The second-order valence-electron chi connectivity index (χ2n) is 19.5. The van der Waals surface area contributed by atoms with E-state index >= 15 is 0 Å². The van der Waals surface area contributed by atoms with Crippen LogP contribution in [0.25, 0.3) is 0 Å². The van der Waals surface area contributed by atoms with Crippen molar-refractivity contribution in [3.05, 3.63) is 243 Å². The van der Waals surface area contributed by atoms with Gasteiger partial charge in [-0.05, 0) is 112 Å². The van der Waals surface area contributed by atoms with E-state index < -0.39 is 0 Å². The summed E-state index contributed by atoms with van der Waals surface area (Å²) in [4.78, 5) is 4.72. The van der Waals surface area contributed by atoms with E-state index in [1.807, 2.05) is 146 Å². The van der Waals surface area contributed by atoms with Gasteiger partial charge < -0.3 is 43.0 Å². The summed E-state index contributed by atoms with van der Waals surface area (Å²) in [6.07, 6.45) is 0. The van der Waals surface area contributed by atoms with E-state index in [1.54, 1.807) is 0 Å². The van der Waals surface area contributed by atoms with Crippen LogP contribution in [0.2, 0.25) is 0 Å². The molecule has 0 saturated carbocycles. The zero-order chi connectivity index (χ0) is 50.6. The van der Waals surface area contributed by atoms with E-state index in [1.165, 1.54) is 0 Å². The molecule has 5 aliphatic heterocycles. The van der Waals surface area contributed by atoms with Gasteiger partial charge in [-0.3, -0.25) is 0 Å². The lowest BCUT2D eigenvalue weighted by Crippen LogP contribution is -2.64. The number of fused-ring (bicyclic) bond motifs is 10. The molecule has 0 saturated heterocycles. The molecule has 11 aromatic carbocycles. The lowest BCUT2D eigenvalue weighted by molar-refractivity contribution is 0.411. The van der Waals surface area contributed by atoms with Gasteiger partial charge in [-0.25, -0.2) is 0 Å². The molecule has 0 bridgehead atoms. The zero-order valence-corrected chi connectivity index (χ0v) is 41.0. The van der Waals surface area contributed by atoms with Crippen LogP contribution >= 0.6 is 0 Å². The molecule has 0 spiro atoms. The van der Waals surface area contributed by atoms with Crippen molar-refractivity contribution in [2.24, 2.45) is 0 Å². The van der Waals surface area contributed by atoms with Crippen molar-refractivity contribution in [2.45, 2.75) is 0 Å². The third-order valence-corrected chi connectivity index (χ3v) is 14.9. The summed E-state index contributed by atoms with van der Waals surface area (Å²) < 4.78 is 47.5. The van der Waals surface area contributed by atoms with Crippen molar-refractivity contribution in [3.63, 3.8) is 0 Å². The van der Waals surface area contributed by atoms with Crippen LogP contribution in [0, 0.1) is 0 Å². The van der Waals surface area contributed by atoms with E-state index in [2.05, 4.69) is 107 Å². The standard InChI is InChI=1S/C66H40B2N2O7/c1-4-19-41(20-5-1)69-51-40-61-49(67-46-25-10-12-28-54(46)75-62-37-45(38-63(77-61)65(62)67)74-59-33-17-15-31-57(59)72-43-23-8-3-9-24-43)39-48(51)68-47-26-18-34-60-66(47)70(50-27-11-13-29-55(50)76-60)53-36-44(35-52(69)64(53)68)73-58-32-16-14-30-56(58)71-42-21-6-2-7-22-42/h1-40H. The van der Waals surface area contributed by atoms with Crippen LogP contribution in [0.5, 0.6) is 80.5 Å². The second-order valence-corrected chi connectivity index (χ2v) is 19.5. The molecule has 0 radical (unpaired) electrons. The minimum atomic E-state index is -0.243. The predicted molar refractivity (Wildman–Crippen MR) is 304 cm³/mol. The van der Waals surface area contributed by atoms with Crippen LogP contribution in [0.15, 0.2) is 243 Å². The quantitative estimate of drug-likeness (QED) is 0.132.